The summed E-state index contributed by atoms with van der Waals surface area (Å²) in [4.78, 5) is 17.6. The standard InChI is InChI=1S/C20H27N7O2/c1-21-19(25-14-16-3-4-17-18(13-16)29-15-28-17)22-7-8-26-9-11-27(12-10-26)20-23-5-2-6-24-20/h2-6,13H,7-12,14-15H2,1H3,(H2,21,22,25). The lowest BCUT2D eigenvalue weighted by Gasteiger charge is -2.34. The summed E-state index contributed by atoms with van der Waals surface area (Å²) >= 11 is 0. The van der Waals surface area contributed by atoms with E-state index >= 15 is 0 Å². The highest BCUT2D eigenvalue weighted by Crippen LogP contribution is 2.32. The molecule has 1 aromatic heterocycles. The van der Waals surface area contributed by atoms with Crippen molar-refractivity contribution in [2.75, 3.05) is 58.0 Å². The number of nitrogens with one attached hydrogen (secondary N) is 2. The number of hydrogen-bond donors (Lipinski definition) is 2. The summed E-state index contributed by atoms with van der Waals surface area (Å²) in [6.07, 6.45) is 3.58. The molecule has 0 atom stereocenters. The highest BCUT2D eigenvalue weighted by Gasteiger charge is 2.18. The second-order valence-corrected chi connectivity index (χ2v) is 6.92. The summed E-state index contributed by atoms with van der Waals surface area (Å²) in [6.45, 7) is 6.67. The van der Waals surface area contributed by atoms with Gasteiger partial charge in [0, 0.05) is 65.3 Å². The van der Waals surface area contributed by atoms with Gasteiger partial charge in [0.1, 0.15) is 0 Å². The Hall–Kier alpha value is -3.07. The van der Waals surface area contributed by atoms with Crippen LogP contribution < -0.4 is 25.0 Å². The van der Waals surface area contributed by atoms with Crippen LogP contribution >= 0.6 is 0 Å². The molecule has 2 aliphatic rings. The molecule has 9 heteroatoms. The molecule has 29 heavy (non-hydrogen) atoms. The van der Waals surface area contributed by atoms with Gasteiger partial charge in [-0.3, -0.25) is 9.89 Å². The highest BCUT2D eigenvalue weighted by molar-refractivity contribution is 5.79. The normalized spacial score (nSPS) is 16.7. The minimum absolute atomic E-state index is 0.294. The van der Waals surface area contributed by atoms with Gasteiger partial charge in [-0.25, -0.2) is 9.97 Å². The van der Waals surface area contributed by atoms with Crippen molar-refractivity contribution in [3.63, 3.8) is 0 Å². The third-order valence-corrected chi connectivity index (χ3v) is 5.05. The predicted octanol–water partition coefficient (Wildman–Crippen LogP) is 0.693. The molecular weight excluding hydrogens is 370 g/mol. The first-order valence-electron chi connectivity index (χ1n) is 9.89. The molecule has 1 fully saturated rings. The van der Waals surface area contributed by atoms with Gasteiger partial charge in [-0.05, 0) is 23.8 Å². The number of guanidine groups is 1. The molecule has 0 saturated carbocycles. The maximum atomic E-state index is 5.43. The summed E-state index contributed by atoms with van der Waals surface area (Å²) < 4.78 is 10.8. The Balaban J connectivity index is 1.16. The maximum Gasteiger partial charge on any atom is 0.231 e. The molecule has 4 rings (SSSR count). The lowest BCUT2D eigenvalue weighted by Crippen LogP contribution is -2.49. The van der Waals surface area contributed by atoms with Crippen LogP contribution in [0.3, 0.4) is 0 Å². The fraction of sp³-hybridized carbons (Fsp3) is 0.450. The van der Waals surface area contributed by atoms with Crippen LogP contribution in [0.25, 0.3) is 0 Å². The summed E-state index contributed by atoms with van der Waals surface area (Å²) in [5.74, 6) is 3.21. The van der Waals surface area contributed by atoms with Crippen LogP contribution in [0.4, 0.5) is 5.95 Å². The number of nitrogens with zero attached hydrogens (tertiary/aromatic N) is 5. The van der Waals surface area contributed by atoms with Crippen molar-refractivity contribution in [1.82, 2.24) is 25.5 Å². The number of aliphatic imine (C=N–C) groups is 1. The molecule has 0 radical (unpaired) electrons. The van der Waals surface area contributed by atoms with Crippen molar-refractivity contribution in [2.45, 2.75) is 6.54 Å². The van der Waals surface area contributed by atoms with Gasteiger partial charge < -0.3 is 25.0 Å². The number of piperazine rings is 1. The van der Waals surface area contributed by atoms with Crippen LogP contribution in [0.5, 0.6) is 11.5 Å². The molecule has 2 aromatic rings. The van der Waals surface area contributed by atoms with Crippen LogP contribution in [-0.2, 0) is 6.54 Å². The molecule has 0 spiro atoms. The van der Waals surface area contributed by atoms with E-state index in [-0.39, 0.29) is 0 Å². The number of aromatic nitrogens is 2. The van der Waals surface area contributed by atoms with Gasteiger partial charge in [0.25, 0.3) is 0 Å². The maximum absolute atomic E-state index is 5.43. The molecule has 3 heterocycles. The third kappa shape index (κ3) is 5.05. The monoisotopic (exact) mass is 397 g/mol. The predicted molar refractivity (Wildman–Crippen MR) is 111 cm³/mol. The van der Waals surface area contributed by atoms with E-state index in [2.05, 4.69) is 35.4 Å². The fourth-order valence-corrected chi connectivity index (χ4v) is 3.42. The minimum atomic E-state index is 0.294. The van der Waals surface area contributed by atoms with Gasteiger partial charge in [-0.2, -0.15) is 0 Å². The van der Waals surface area contributed by atoms with Crippen molar-refractivity contribution in [3.05, 3.63) is 42.2 Å². The Labute approximate surface area is 170 Å². The zero-order chi connectivity index (χ0) is 19.9. The zero-order valence-corrected chi connectivity index (χ0v) is 16.7. The van der Waals surface area contributed by atoms with E-state index in [0.717, 1.165) is 68.2 Å². The van der Waals surface area contributed by atoms with Crippen molar-refractivity contribution in [2.24, 2.45) is 4.99 Å². The Kier molecular flexibility index (Phi) is 6.25. The van der Waals surface area contributed by atoms with Crippen molar-refractivity contribution < 1.29 is 9.47 Å². The molecule has 2 N–H and O–H groups in total. The number of ether oxygens (including phenoxy) is 2. The summed E-state index contributed by atoms with van der Waals surface area (Å²) in [7, 11) is 1.79. The number of rotatable bonds is 6. The second kappa shape index (κ2) is 9.42. The average molecular weight is 397 g/mol. The third-order valence-electron chi connectivity index (χ3n) is 5.05. The number of hydrogen-bond acceptors (Lipinski definition) is 7. The lowest BCUT2D eigenvalue weighted by molar-refractivity contribution is 0.174. The Morgan fingerprint density at radius 2 is 1.86 bits per heavy atom. The zero-order valence-electron chi connectivity index (χ0n) is 16.7. The number of anilines is 1. The van der Waals surface area contributed by atoms with Crippen LogP contribution in [0.2, 0.25) is 0 Å². The molecule has 154 valence electrons. The van der Waals surface area contributed by atoms with Gasteiger partial charge in [-0.1, -0.05) is 6.07 Å². The topological polar surface area (TPSA) is 87.1 Å². The number of fused-ring (bicyclic) bond motifs is 1. The summed E-state index contributed by atoms with van der Waals surface area (Å²) in [6, 6.07) is 7.82. The van der Waals surface area contributed by atoms with Gasteiger partial charge in [0.05, 0.1) is 0 Å². The van der Waals surface area contributed by atoms with Gasteiger partial charge in [0.15, 0.2) is 17.5 Å². The average Bonchev–Trinajstić information content (AvgIpc) is 3.25. The van der Waals surface area contributed by atoms with Gasteiger partial charge in [-0.15, -0.1) is 0 Å². The highest BCUT2D eigenvalue weighted by atomic mass is 16.7. The van der Waals surface area contributed by atoms with E-state index < -0.39 is 0 Å². The van der Waals surface area contributed by atoms with Crippen LogP contribution in [-0.4, -0.2) is 73.9 Å². The first-order valence-corrected chi connectivity index (χ1v) is 9.89. The fourth-order valence-electron chi connectivity index (χ4n) is 3.42. The lowest BCUT2D eigenvalue weighted by atomic mass is 10.2. The van der Waals surface area contributed by atoms with Crippen LogP contribution in [0, 0.1) is 0 Å². The summed E-state index contributed by atoms with van der Waals surface area (Å²) in [5.41, 5.74) is 1.12. The van der Waals surface area contributed by atoms with Gasteiger partial charge >= 0.3 is 0 Å². The van der Waals surface area contributed by atoms with Crippen molar-refractivity contribution in [3.8, 4) is 11.5 Å². The molecule has 0 unspecified atom stereocenters. The molecule has 1 aromatic carbocycles. The van der Waals surface area contributed by atoms with E-state index in [9.17, 15) is 0 Å². The molecule has 1 saturated heterocycles. The number of benzene rings is 1. The van der Waals surface area contributed by atoms with E-state index in [4.69, 9.17) is 9.47 Å². The van der Waals surface area contributed by atoms with E-state index in [1.165, 1.54) is 0 Å². The molecule has 0 amide bonds. The largest absolute Gasteiger partial charge is 0.454 e. The molecule has 9 nitrogen and oxygen atoms in total. The van der Waals surface area contributed by atoms with Crippen LogP contribution in [0.1, 0.15) is 5.56 Å². The summed E-state index contributed by atoms with van der Waals surface area (Å²) in [5, 5.41) is 6.73. The van der Waals surface area contributed by atoms with Crippen molar-refractivity contribution >= 4 is 11.9 Å². The van der Waals surface area contributed by atoms with Crippen LogP contribution in [0.15, 0.2) is 41.7 Å². The van der Waals surface area contributed by atoms with E-state index in [1.807, 2.05) is 24.3 Å². The van der Waals surface area contributed by atoms with Gasteiger partial charge in [0.2, 0.25) is 12.7 Å². The van der Waals surface area contributed by atoms with E-state index in [1.54, 1.807) is 19.4 Å². The molecule has 0 bridgehead atoms. The van der Waals surface area contributed by atoms with Crippen molar-refractivity contribution in [1.29, 1.82) is 0 Å². The molecule has 2 aliphatic heterocycles. The molecular formula is C20H27N7O2. The first kappa shape index (κ1) is 19.3. The van der Waals surface area contributed by atoms with E-state index in [0.29, 0.717) is 13.3 Å². The second-order valence-electron chi connectivity index (χ2n) is 6.92. The Morgan fingerprint density at radius 1 is 1.07 bits per heavy atom. The Bertz CT molecular complexity index is 823. The minimum Gasteiger partial charge on any atom is -0.454 e. The quantitative estimate of drug-likeness (QED) is 0.544. The smallest absolute Gasteiger partial charge is 0.231 e. The Morgan fingerprint density at radius 3 is 2.66 bits per heavy atom. The SMILES string of the molecule is CN=C(NCCN1CCN(c2ncccn2)CC1)NCc1ccc2c(c1)OCO2. The molecule has 0 aliphatic carbocycles. The first-order chi connectivity index (χ1) is 14.3.